The molecule has 0 saturated carbocycles. The number of halogens is 1. The largest absolute Gasteiger partial charge is 0.328 e. The van der Waals surface area contributed by atoms with Crippen molar-refractivity contribution in [1.29, 1.82) is 0 Å². The van der Waals surface area contributed by atoms with Crippen LogP contribution in [0.2, 0.25) is 0 Å². The van der Waals surface area contributed by atoms with Crippen molar-refractivity contribution in [1.82, 2.24) is 4.31 Å². The predicted octanol–water partition coefficient (Wildman–Crippen LogP) is 2.74. The van der Waals surface area contributed by atoms with E-state index >= 15 is 0 Å². The Hall–Kier alpha value is -0.620. The van der Waals surface area contributed by atoms with E-state index in [1.54, 1.807) is 10.4 Å². The van der Waals surface area contributed by atoms with Gasteiger partial charge in [0.1, 0.15) is 0 Å². The van der Waals surface area contributed by atoms with Gasteiger partial charge in [0.2, 0.25) is 10.0 Å². The number of fused-ring (bicyclic) bond motifs is 1. The fraction of sp³-hybridized carbons (Fsp3) is 0.647. The molecule has 6 heteroatoms. The number of hydrogen-bond acceptors (Lipinski definition) is 3. The number of nitrogens with zero attached hydrogens (tertiary/aromatic N) is 1. The predicted molar refractivity (Wildman–Crippen MR) is 95.5 cm³/mol. The van der Waals surface area contributed by atoms with Crippen LogP contribution in [0, 0.1) is 5.92 Å². The summed E-state index contributed by atoms with van der Waals surface area (Å²) in [6.07, 6.45) is 6.37. The van der Waals surface area contributed by atoms with E-state index in [0.29, 0.717) is 18.0 Å². The minimum atomic E-state index is -3.38. The molecule has 130 valence electrons. The monoisotopic (exact) mass is 358 g/mol. The standard InChI is InChI=1S/C17H26N2O2S.ClH/c1-13(18)16-7-4-10-19(12-16)22(20,21)17-9-8-14-5-2-3-6-15(14)11-17;/h8-9,11,13,16H,2-7,10,12,18H2,1H3;1H. The van der Waals surface area contributed by atoms with Gasteiger partial charge in [-0.1, -0.05) is 6.07 Å². The van der Waals surface area contributed by atoms with E-state index in [4.69, 9.17) is 5.73 Å². The van der Waals surface area contributed by atoms with Crippen molar-refractivity contribution < 1.29 is 8.42 Å². The molecule has 3 rings (SSSR count). The van der Waals surface area contributed by atoms with Crippen LogP contribution in [-0.2, 0) is 22.9 Å². The molecule has 0 aromatic heterocycles. The number of nitrogens with two attached hydrogens (primary N) is 1. The van der Waals surface area contributed by atoms with Crippen LogP contribution < -0.4 is 5.73 Å². The normalized spacial score (nSPS) is 23.7. The van der Waals surface area contributed by atoms with E-state index < -0.39 is 10.0 Å². The molecule has 1 heterocycles. The Morgan fingerprint density at radius 2 is 1.87 bits per heavy atom. The molecule has 1 aromatic carbocycles. The second-order valence-electron chi connectivity index (χ2n) is 6.76. The Kier molecular flexibility index (Phi) is 6.11. The molecule has 1 aliphatic carbocycles. The third-order valence-electron chi connectivity index (χ3n) is 5.12. The second-order valence-corrected chi connectivity index (χ2v) is 8.70. The minimum Gasteiger partial charge on any atom is -0.328 e. The molecule has 0 amide bonds. The van der Waals surface area contributed by atoms with Crippen molar-refractivity contribution in [2.45, 2.75) is 56.4 Å². The second kappa shape index (κ2) is 7.51. The van der Waals surface area contributed by atoms with Gasteiger partial charge in [0, 0.05) is 19.1 Å². The molecule has 1 aliphatic heterocycles. The highest BCUT2D eigenvalue weighted by Gasteiger charge is 2.32. The van der Waals surface area contributed by atoms with Crippen LogP contribution in [0.5, 0.6) is 0 Å². The smallest absolute Gasteiger partial charge is 0.243 e. The topological polar surface area (TPSA) is 63.4 Å². The molecule has 2 aliphatic rings. The summed E-state index contributed by atoms with van der Waals surface area (Å²) in [6, 6.07) is 5.74. The van der Waals surface area contributed by atoms with Gasteiger partial charge in [0.05, 0.1) is 4.90 Å². The lowest BCUT2D eigenvalue weighted by Gasteiger charge is -2.34. The summed E-state index contributed by atoms with van der Waals surface area (Å²) < 4.78 is 27.5. The molecule has 23 heavy (non-hydrogen) atoms. The third-order valence-corrected chi connectivity index (χ3v) is 6.98. The average Bonchev–Trinajstić information content (AvgIpc) is 2.54. The zero-order valence-corrected chi connectivity index (χ0v) is 15.3. The maximum Gasteiger partial charge on any atom is 0.243 e. The summed E-state index contributed by atoms with van der Waals surface area (Å²) in [5, 5.41) is 0. The van der Waals surface area contributed by atoms with Gasteiger partial charge in [-0.15, -0.1) is 12.4 Å². The van der Waals surface area contributed by atoms with Crippen molar-refractivity contribution in [2.75, 3.05) is 13.1 Å². The van der Waals surface area contributed by atoms with Gasteiger partial charge in [-0.25, -0.2) is 8.42 Å². The average molecular weight is 359 g/mol. The summed E-state index contributed by atoms with van der Waals surface area (Å²) in [6.45, 7) is 3.14. The molecular formula is C17H27ClN2O2S. The van der Waals surface area contributed by atoms with E-state index in [9.17, 15) is 8.42 Å². The highest BCUT2D eigenvalue weighted by atomic mass is 35.5. The highest BCUT2D eigenvalue weighted by Crippen LogP contribution is 2.28. The summed E-state index contributed by atoms with van der Waals surface area (Å²) in [7, 11) is -3.38. The maximum atomic E-state index is 12.9. The van der Waals surface area contributed by atoms with E-state index in [-0.39, 0.29) is 24.4 Å². The number of aryl methyl sites for hydroxylation is 2. The number of piperidine rings is 1. The summed E-state index contributed by atoms with van der Waals surface area (Å²) in [4.78, 5) is 0.457. The number of rotatable bonds is 3. The first-order chi connectivity index (χ1) is 10.5. The number of benzene rings is 1. The van der Waals surface area contributed by atoms with E-state index in [0.717, 1.165) is 32.1 Å². The SMILES string of the molecule is CC(N)C1CCCN(S(=O)(=O)c2ccc3c(c2)CCCC3)C1.Cl. The van der Waals surface area contributed by atoms with Crippen LogP contribution in [-0.4, -0.2) is 31.9 Å². The Bertz CT molecular complexity index is 646. The molecule has 1 aromatic rings. The number of sulfonamides is 1. The van der Waals surface area contributed by atoms with Crippen LogP contribution in [0.4, 0.5) is 0 Å². The molecule has 2 N–H and O–H groups in total. The Balaban J connectivity index is 0.00000192. The Morgan fingerprint density at radius 1 is 1.17 bits per heavy atom. The molecule has 2 atom stereocenters. The van der Waals surface area contributed by atoms with Crippen molar-refractivity contribution in [2.24, 2.45) is 11.7 Å². The highest BCUT2D eigenvalue weighted by molar-refractivity contribution is 7.89. The van der Waals surface area contributed by atoms with Crippen LogP contribution in [0.25, 0.3) is 0 Å². The van der Waals surface area contributed by atoms with Crippen LogP contribution >= 0.6 is 12.4 Å². The fourth-order valence-electron chi connectivity index (χ4n) is 3.64. The van der Waals surface area contributed by atoms with Gasteiger partial charge >= 0.3 is 0 Å². The minimum absolute atomic E-state index is 0. The molecule has 0 radical (unpaired) electrons. The molecule has 0 spiro atoms. The third kappa shape index (κ3) is 3.90. The van der Waals surface area contributed by atoms with Gasteiger partial charge in [0.25, 0.3) is 0 Å². The van der Waals surface area contributed by atoms with E-state index in [1.165, 1.54) is 17.5 Å². The van der Waals surface area contributed by atoms with E-state index in [1.807, 2.05) is 19.1 Å². The summed E-state index contributed by atoms with van der Waals surface area (Å²) >= 11 is 0. The molecule has 0 bridgehead atoms. The van der Waals surface area contributed by atoms with Crippen molar-refractivity contribution >= 4 is 22.4 Å². The lowest BCUT2D eigenvalue weighted by molar-refractivity contribution is 0.243. The lowest BCUT2D eigenvalue weighted by Crippen LogP contribution is -2.44. The quantitative estimate of drug-likeness (QED) is 0.903. The zero-order valence-electron chi connectivity index (χ0n) is 13.7. The summed E-state index contributed by atoms with van der Waals surface area (Å²) in [5.74, 6) is 0.265. The summed E-state index contributed by atoms with van der Waals surface area (Å²) in [5.41, 5.74) is 8.51. The van der Waals surface area contributed by atoms with Crippen molar-refractivity contribution in [3.05, 3.63) is 29.3 Å². The maximum absolute atomic E-state index is 12.9. The fourth-order valence-corrected chi connectivity index (χ4v) is 5.23. The first-order valence-electron chi connectivity index (χ1n) is 8.36. The van der Waals surface area contributed by atoms with E-state index in [2.05, 4.69) is 0 Å². The van der Waals surface area contributed by atoms with Gasteiger partial charge in [-0.2, -0.15) is 4.31 Å². The van der Waals surface area contributed by atoms with Crippen molar-refractivity contribution in [3.63, 3.8) is 0 Å². The van der Waals surface area contributed by atoms with Gasteiger partial charge in [-0.05, 0) is 74.6 Å². The van der Waals surface area contributed by atoms with Crippen LogP contribution in [0.15, 0.2) is 23.1 Å². The zero-order chi connectivity index (χ0) is 15.7. The van der Waals surface area contributed by atoms with Crippen LogP contribution in [0.3, 0.4) is 0 Å². The van der Waals surface area contributed by atoms with Crippen LogP contribution in [0.1, 0.15) is 43.7 Å². The Morgan fingerprint density at radius 3 is 2.57 bits per heavy atom. The molecular weight excluding hydrogens is 332 g/mol. The molecule has 4 nitrogen and oxygen atoms in total. The molecule has 2 unspecified atom stereocenters. The van der Waals surface area contributed by atoms with Gasteiger partial charge in [-0.3, -0.25) is 0 Å². The first kappa shape index (κ1) is 18.7. The van der Waals surface area contributed by atoms with Gasteiger partial charge in [0.15, 0.2) is 0 Å². The molecule has 1 saturated heterocycles. The molecule has 1 fully saturated rings. The number of hydrogen-bond donors (Lipinski definition) is 1. The Labute approximate surface area is 145 Å². The van der Waals surface area contributed by atoms with Gasteiger partial charge < -0.3 is 5.73 Å². The first-order valence-corrected chi connectivity index (χ1v) is 9.80. The van der Waals surface area contributed by atoms with Crippen molar-refractivity contribution in [3.8, 4) is 0 Å². The lowest BCUT2D eigenvalue weighted by atomic mass is 9.92.